The van der Waals surface area contributed by atoms with Gasteiger partial charge in [0.15, 0.2) is 0 Å². The monoisotopic (exact) mass is 268 g/mol. The number of benzene rings is 1. The second-order valence-electron chi connectivity index (χ2n) is 3.81. The minimum absolute atomic E-state index is 0.170. The van der Waals surface area contributed by atoms with E-state index in [-0.39, 0.29) is 12.8 Å². The number of carboxylic acids is 1. The first-order chi connectivity index (χ1) is 8.45. The van der Waals surface area contributed by atoms with Crippen LogP contribution in [0, 0.1) is 0 Å². The molecular formula is C13H13ClO4. The molecule has 0 amide bonds. The lowest BCUT2D eigenvalue weighted by atomic mass is 10.0. The summed E-state index contributed by atoms with van der Waals surface area (Å²) in [5, 5.41) is 7.66. The molecule has 0 radical (unpaired) electrons. The van der Waals surface area contributed by atoms with Crippen molar-refractivity contribution in [3.05, 3.63) is 35.4 Å². The maximum atomic E-state index is 11.5. The second kappa shape index (κ2) is 6.31. The first-order valence-electron chi connectivity index (χ1n) is 5.49. The van der Waals surface area contributed by atoms with Gasteiger partial charge in [0.2, 0.25) is 11.6 Å². The summed E-state index contributed by atoms with van der Waals surface area (Å²) in [6.45, 7) is 1.62. The van der Waals surface area contributed by atoms with Gasteiger partial charge < -0.3 is 5.11 Å². The average Bonchev–Trinajstić information content (AvgIpc) is 2.37. The van der Waals surface area contributed by atoms with Gasteiger partial charge in [0.1, 0.15) is 5.38 Å². The van der Waals surface area contributed by atoms with E-state index < -0.39 is 22.9 Å². The molecule has 0 saturated carbocycles. The van der Waals surface area contributed by atoms with Crippen molar-refractivity contribution < 1.29 is 19.5 Å². The van der Waals surface area contributed by atoms with Crippen LogP contribution >= 0.6 is 11.6 Å². The smallest absolute Gasteiger partial charge is 0.321 e. The molecule has 1 rings (SSSR count). The third-order valence-corrected chi connectivity index (χ3v) is 2.81. The zero-order chi connectivity index (χ0) is 13.7. The number of hydrogen-bond donors (Lipinski definition) is 1. The molecule has 0 aromatic heterocycles. The van der Waals surface area contributed by atoms with Gasteiger partial charge in [0, 0.05) is 12.0 Å². The standard InChI is InChI=1S/C13H13ClO4/c1-2-11(15)12(16)9-5-3-8(4-6-9)7-10(14)13(17)18/h3-6,10H,2,7H2,1H3,(H,17,18). The molecule has 18 heavy (non-hydrogen) atoms. The molecule has 5 heteroatoms. The number of aliphatic carboxylic acids is 1. The fourth-order valence-corrected chi connectivity index (χ4v) is 1.59. The van der Waals surface area contributed by atoms with E-state index in [2.05, 4.69) is 0 Å². The average molecular weight is 269 g/mol. The van der Waals surface area contributed by atoms with Crippen LogP contribution in [0.5, 0.6) is 0 Å². The fraction of sp³-hybridized carbons (Fsp3) is 0.308. The van der Waals surface area contributed by atoms with Crippen molar-refractivity contribution >= 4 is 29.1 Å². The number of carboxylic acid groups (broad SMARTS) is 1. The van der Waals surface area contributed by atoms with Crippen molar-refractivity contribution in [3.8, 4) is 0 Å². The lowest BCUT2D eigenvalue weighted by molar-refractivity contribution is -0.136. The second-order valence-corrected chi connectivity index (χ2v) is 4.34. The quantitative estimate of drug-likeness (QED) is 0.487. The predicted molar refractivity (Wildman–Crippen MR) is 67.1 cm³/mol. The first-order valence-corrected chi connectivity index (χ1v) is 5.92. The number of ketones is 2. The molecule has 1 atom stereocenters. The lowest BCUT2D eigenvalue weighted by Crippen LogP contribution is -2.16. The van der Waals surface area contributed by atoms with Crippen LogP contribution in [0.4, 0.5) is 0 Å². The number of rotatable bonds is 6. The number of halogens is 1. The van der Waals surface area contributed by atoms with E-state index >= 15 is 0 Å². The van der Waals surface area contributed by atoms with Crippen molar-refractivity contribution in [2.24, 2.45) is 0 Å². The molecule has 1 aromatic rings. The number of carbonyl (C=O) groups excluding carboxylic acids is 2. The van der Waals surface area contributed by atoms with E-state index in [0.717, 1.165) is 0 Å². The number of carbonyl (C=O) groups is 3. The van der Waals surface area contributed by atoms with Crippen molar-refractivity contribution in [1.82, 2.24) is 0 Å². The molecule has 0 aliphatic heterocycles. The van der Waals surface area contributed by atoms with Gasteiger partial charge in [-0.25, -0.2) is 0 Å². The number of alkyl halides is 1. The van der Waals surface area contributed by atoms with Crippen LogP contribution in [-0.4, -0.2) is 28.0 Å². The van der Waals surface area contributed by atoms with E-state index in [9.17, 15) is 14.4 Å². The Morgan fingerprint density at radius 2 is 1.78 bits per heavy atom. The normalized spacial score (nSPS) is 11.9. The van der Waals surface area contributed by atoms with Crippen molar-refractivity contribution in [2.75, 3.05) is 0 Å². The Kier molecular flexibility index (Phi) is 5.04. The van der Waals surface area contributed by atoms with Gasteiger partial charge in [-0.2, -0.15) is 0 Å². The molecule has 0 aliphatic carbocycles. The molecule has 0 aliphatic rings. The van der Waals surface area contributed by atoms with E-state index in [1.807, 2.05) is 0 Å². The molecule has 4 nitrogen and oxygen atoms in total. The first kappa shape index (κ1) is 14.4. The van der Waals surface area contributed by atoms with E-state index in [1.54, 1.807) is 19.1 Å². The third-order valence-electron chi connectivity index (χ3n) is 2.47. The van der Waals surface area contributed by atoms with E-state index in [1.165, 1.54) is 12.1 Å². The van der Waals surface area contributed by atoms with E-state index in [0.29, 0.717) is 11.1 Å². The molecule has 0 spiro atoms. The molecule has 96 valence electrons. The highest BCUT2D eigenvalue weighted by Crippen LogP contribution is 2.11. The van der Waals surface area contributed by atoms with Crippen molar-refractivity contribution in [1.29, 1.82) is 0 Å². The molecule has 1 unspecified atom stereocenters. The van der Waals surface area contributed by atoms with Crippen LogP contribution in [0.2, 0.25) is 0 Å². The van der Waals surface area contributed by atoms with Crippen molar-refractivity contribution in [2.45, 2.75) is 25.1 Å². The number of hydrogen-bond acceptors (Lipinski definition) is 3. The van der Waals surface area contributed by atoms with Gasteiger partial charge in [-0.3, -0.25) is 14.4 Å². The lowest BCUT2D eigenvalue weighted by Gasteiger charge is -2.05. The minimum Gasteiger partial charge on any atom is -0.480 e. The fourth-order valence-electron chi connectivity index (χ4n) is 1.41. The van der Waals surface area contributed by atoms with Crippen molar-refractivity contribution in [3.63, 3.8) is 0 Å². The zero-order valence-corrected chi connectivity index (χ0v) is 10.6. The Balaban J connectivity index is 2.77. The third kappa shape index (κ3) is 3.67. The van der Waals surface area contributed by atoms with Crippen LogP contribution in [-0.2, 0) is 16.0 Å². The summed E-state index contributed by atoms with van der Waals surface area (Å²) in [6.07, 6.45) is 0.344. The predicted octanol–water partition coefficient (Wildman–Crippen LogP) is 2.08. The van der Waals surface area contributed by atoms with Crippen LogP contribution in [0.3, 0.4) is 0 Å². The Labute approximate surface area is 110 Å². The number of Topliss-reactive ketones (excluding diaryl/α,β-unsaturated/α-hetero) is 2. The molecule has 0 heterocycles. The molecule has 0 bridgehead atoms. The summed E-state index contributed by atoms with van der Waals surface area (Å²) in [5.41, 5.74) is 1.02. The Morgan fingerprint density at radius 1 is 1.22 bits per heavy atom. The molecule has 1 N–H and O–H groups in total. The maximum absolute atomic E-state index is 11.5. The molecular weight excluding hydrogens is 256 g/mol. The van der Waals surface area contributed by atoms with Gasteiger partial charge >= 0.3 is 5.97 Å². The maximum Gasteiger partial charge on any atom is 0.321 e. The zero-order valence-electron chi connectivity index (χ0n) is 9.85. The van der Waals surface area contributed by atoms with Gasteiger partial charge in [0.05, 0.1) is 0 Å². The van der Waals surface area contributed by atoms with Crippen LogP contribution in [0.25, 0.3) is 0 Å². The Bertz CT molecular complexity index is 464. The van der Waals surface area contributed by atoms with Crippen LogP contribution < -0.4 is 0 Å². The summed E-state index contributed by atoms with van der Waals surface area (Å²) in [5.74, 6) is -2.05. The molecule has 0 saturated heterocycles. The summed E-state index contributed by atoms with van der Waals surface area (Å²) < 4.78 is 0. The minimum atomic E-state index is -1.09. The Morgan fingerprint density at radius 3 is 2.22 bits per heavy atom. The Hall–Kier alpha value is -1.68. The van der Waals surface area contributed by atoms with E-state index in [4.69, 9.17) is 16.7 Å². The highest BCUT2D eigenvalue weighted by atomic mass is 35.5. The summed E-state index contributed by atoms with van der Waals surface area (Å²) in [6, 6.07) is 6.23. The SMILES string of the molecule is CCC(=O)C(=O)c1ccc(CC(Cl)C(=O)O)cc1. The highest BCUT2D eigenvalue weighted by molar-refractivity contribution is 6.43. The van der Waals surface area contributed by atoms with Gasteiger partial charge in [0.25, 0.3) is 0 Å². The molecule has 0 fully saturated rings. The summed E-state index contributed by atoms with van der Waals surface area (Å²) in [7, 11) is 0. The summed E-state index contributed by atoms with van der Waals surface area (Å²) >= 11 is 5.60. The summed E-state index contributed by atoms with van der Waals surface area (Å²) in [4.78, 5) is 33.3. The van der Waals surface area contributed by atoms with Gasteiger partial charge in [-0.1, -0.05) is 31.2 Å². The topological polar surface area (TPSA) is 71.4 Å². The van der Waals surface area contributed by atoms with Crippen LogP contribution in [0.1, 0.15) is 29.3 Å². The van der Waals surface area contributed by atoms with Gasteiger partial charge in [-0.15, -0.1) is 11.6 Å². The van der Waals surface area contributed by atoms with Gasteiger partial charge in [-0.05, 0) is 12.0 Å². The molecule has 1 aromatic carbocycles. The van der Waals surface area contributed by atoms with Crippen LogP contribution in [0.15, 0.2) is 24.3 Å². The largest absolute Gasteiger partial charge is 0.480 e. The highest BCUT2D eigenvalue weighted by Gasteiger charge is 2.16.